The molecule has 0 fully saturated rings. The fraction of sp³-hybridized carbons (Fsp3) is 0.583. The Kier molecular flexibility index (Phi) is 8.56. The molecule has 0 bridgehead atoms. The van der Waals surface area contributed by atoms with Crippen LogP contribution in [0.25, 0.3) is 0 Å². The zero-order valence-electron chi connectivity index (χ0n) is 11.4. The summed E-state index contributed by atoms with van der Waals surface area (Å²) in [5.41, 5.74) is 0.250. The first kappa shape index (κ1) is 17.8. The zero-order chi connectivity index (χ0) is 15.5. The molecule has 0 aliphatic rings. The Morgan fingerprint density at radius 3 is 2.20 bits per heavy atom. The largest absolute Gasteiger partial charge is 0.508 e. The molecule has 0 amide bonds. The standard InChI is InChI=1S/C12H18O8/c1-8(2)10(13)17-6-7-19-12(16)18-5-4-9(3)20-11(14)15/h9H,1,4-7H2,2-3H3,(H,14,15). The summed E-state index contributed by atoms with van der Waals surface area (Å²) in [6.45, 7) is 6.13. The zero-order valence-corrected chi connectivity index (χ0v) is 11.4. The monoisotopic (exact) mass is 290 g/mol. The topological polar surface area (TPSA) is 108 Å². The highest BCUT2D eigenvalue weighted by Gasteiger charge is 2.10. The summed E-state index contributed by atoms with van der Waals surface area (Å²) in [4.78, 5) is 32.2. The van der Waals surface area contributed by atoms with Crippen molar-refractivity contribution in [1.82, 2.24) is 0 Å². The minimum absolute atomic E-state index is 0.0428. The molecular formula is C12H18O8. The van der Waals surface area contributed by atoms with Gasteiger partial charge >= 0.3 is 18.3 Å². The molecule has 0 aromatic heterocycles. The second-order valence-corrected chi connectivity index (χ2v) is 3.85. The lowest BCUT2D eigenvalue weighted by atomic mass is 10.3. The third kappa shape index (κ3) is 9.75. The van der Waals surface area contributed by atoms with Crippen LogP contribution in [0.15, 0.2) is 12.2 Å². The van der Waals surface area contributed by atoms with Gasteiger partial charge in [-0.05, 0) is 13.8 Å². The molecule has 8 heteroatoms. The SMILES string of the molecule is C=C(C)C(=O)OCCOC(=O)OCCC(C)OC(=O)O. The Hall–Kier alpha value is -2.25. The Bertz CT molecular complexity index is 362. The Morgan fingerprint density at radius 1 is 1.10 bits per heavy atom. The van der Waals surface area contributed by atoms with E-state index < -0.39 is 24.4 Å². The van der Waals surface area contributed by atoms with E-state index in [4.69, 9.17) is 5.11 Å². The average Bonchev–Trinajstić information content (AvgIpc) is 2.33. The maximum Gasteiger partial charge on any atom is 0.508 e. The van der Waals surface area contributed by atoms with Gasteiger partial charge in [-0.1, -0.05) is 6.58 Å². The van der Waals surface area contributed by atoms with E-state index in [1.54, 1.807) is 0 Å². The van der Waals surface area contributed by atoms with Crippen molar-refractivity contribution in [3.63, 3.8) is 0 Å². The minimum Gasteiger partial charge on any atom is -0.459 e. The highest BCUT2D eigenvalue weighted by atomic mass is 16.7. The molecule has 0 aliphatic carbocycles. The van der Waals surface area contributed by atoms with E-state index in [1.807, 2.05) is 0 Å². The van der Waals surface area contributed by atoms with Crippen LogP contribution in [-0.2, 0) is 23.7 Å². The van der Waals surface area contributed by atoms with E-state index in [1.165, 1.54) is 13.8 Å². The molecule has 0 heterocycles. The Labute approximate surface area is 116 Å². The molecule has 0 saturated carbocycles. The van der Waals surface area contributed by atoms with E-state index in [0.717, 1.165) is 0 Å². The lowest BCUT2D eigenvalue weighted by Crippen LogP contribution is -2.18. The molecule has 0 rings (SSSR count). The van der Waals surface area contributed by atoms with E-state index in [-0.39, 0.29) is 31.8 Å². The van der Waals surface area contributed by atoms with Gasteiger partial charge in [-0.2, -0.15) is 0 Å². The normalized spacial score (nSPS) is 11.1. The molecule has 0 saturated heterocycles. The molecule has 0 aromatic carbocycles. The van der Waals surface area contributed by atoms with Crippen molar-refractivity contribution in [3.05, 3.63) is 12.2 Å². The van der Waals surface area contributed by atoms with Crippen LogP contribution in [0.3, 0.4) is 0 Å². The van der Waals surface area contributed by atoms with Crippen molar-refractivity contribution in [2.75, 3.05) is 19.8 Å². The molecular weight excluding hydrogens is 272 g/mol. The summed E-state index contributed by atoms with van der Waals surface area (Å²) in [6, 6.07) is 0. The van der Waals surface area contributed by atoms with Crippen molar-refractivity contribution in [3.8, 4) is 0 Å². The highest BCUT2D eigenvalue weighted by Crippen LogP contribution is 1.99. The molecule has 0 radical (unpaired) electrons. The van der Waals surface area contributed by atoms with Gasteiger partial charge in [-0.15, -0.1) is 0 Å². The lowest BCUT2D eigenvalue weighted by Gasteiger charge is -2.10. The van der Waals surface area contributed by atoms with E-state index >= 15 is 0 Å². The van der Waals surface area contributed by atoms with Crippen LogP contribution in [0.4, 0.5) is 9.59 Å². The van der Waals surface area contributed by atoms with Gasteiger partial charge in [0, 0.05) is 12.0 Å². The number of carbonyl (C=O) groups excluding carboxylic acids is 2. The van der Waals surface area contributed by atoms with Crippen LogP contribution >= 0.6 is 0 Å². The van der Waals surface area contributed by atoms with Crippen LogP contribution in [-0.4, -0.2) is 49.3 Å². The van der Waals surface area contributed by atoms with Gasteiger partial charge in [0.15, 0.2) is 0 Å². The number of hydrogen-bond donors (Lipinski definition) is 1. The third-order valence-corrected chi connectivity index (χ3v) is 1.93. The predicted octanol–water partition coefficient (Wildman–Crippen LogP) is 1.73. The van der Waals surface area contributed by atoms with E-state index in [2.05, 4.69) is 25.5 Å². The second kappa shape index (κ2) is 9.65. The van der Waals surface area contributed by atoms with Crippen LogP contribution in [0, 0.1) is 0 Å². The fourth-order valence-corrected chi connectivity index (χ4v) is 0.963. The van der Waals surface area contributed by atoms with Crippen LogP contribution < -0.4 is 0 Å². The molecule has 1 atom stereocenters. The van der Waals surface area contributed by atoms with Crippen LogP contribution in [0.1, 0.15) is 20.3 Å². The molecule has 20 heavy (non-hydrogen) atoms. The summed E-state index contributed by atoms with van der Waals surface area (Å²) >= 11 is 0. The van der Waals surface area contributed by atoms with Gasteiger partial charge in [0.25, 0.3) is 0 Å². The van der Waals surface area contributed by atoms with E-state index in [9.17, 15) is 14.4 Å². The van der Waals surface area contributed by atoms with Gasteiger partial charge in [0.2, 0.25) is 0 Å². The number of carboxylic acid groups (broad SMARTS) is 1. The van der Waals surface area contributed by atoms with Crippen molar-refractivity contribution in [2.45, 2.75) is 26.4 Å². The maximum atomic E-state index is 11.1. The van der Waals surface area contributed by atoms with Crippen molar-refractivity contribution < 1.29 is 38.4 Å². The minimum atomic E-state index is -1.39. The van der Waals surface area contributed by atoms with Crippen molar-refractivity contribution >= 4 is 18.3 Å². The highest BCUT2D eigenvalue weighted by molar-refractivity contribution is 5.86. The number of esters is 1. The van der Waals surface area contributed by atoms with Crippen molar-refractivity contribution in [2.24, 2.45) is 0 Å². The summed E-state index contributed by atoms with van der Waals surface area (Å²) in [5.74, 6) is -0.568. The molecule has 114 valence electrons. The fourth-order valence-electron chi connectivity index (χ4n) is 0.963. The first-order valence-electron chi connectivity index (χ1n) is 5.84. The molecule has 1 N–H and O–H groups in total. The quantitative estimate of drug-likeness (QED) is 0.311. The molecule has 1 unspecified atom stereocenters. The summed E-state index contributed by atoms with van der Waals surface area (Å²) in [7, 11) is 0. The van der Waals surface area contributed by atoms with Gasteiger partial charge in [0.05, 0.1) is 6.61 Å². The smallest absolute Gasteiger partial charge is 0.459 e. The second-order valence-electron chi connectivity index (χ2n) is 3.85. The van der Waals surface area contributed by atoms with Crippen LogP contribution in [0.2, 0.25) is 0 Å². The van der Waals surface area contributed by atoms with Gasteiger partial charge < -0.3 is 24.1 Å². The van der Waals surface area contributed by atoms with Crippen molar-refractivity contribution in [1.29, 1.82) is 0 Å². The Morgan fingerprint density at radius 2 is 1.65 bits per heavy atom. The molecule has 0 aromatic rings. The number of rotatable bonds is 8. The van der Waals surface area contributed by atoms with Gasteiger partial charge in [0.1, 0.15) is 19.3 Å². The van der Waals surface area contributed by atoms with Gasteiger partial charge in [-0.25, -0.2) is 14.4 Å². The summed E-state index contributed by atoms with van der Waals surface area (Å²) < 4.78 is 18.3. The van der Waals surface area contributed by atoms with Crippen LogP contribution in [0.5, 0.6) is 0 Å². The first-order valence-corrected chi connectivity index (χ1v) is 5.84. The maximum absolute atomic E-state index is 11.1. The number of ether oxygens (including phenoxy) is 4. The van der Waals surface area contributed by atoms with E-state index in [0.29, 0.717) is 0 Å². The molecule has 8 nitrogen and oxygen atoms in total. The average molecular weight is 290 g/mol. The molecule has 0 aliphatic heterocycles. The first-order chi connectivity index (χ1) is 9.32. The summed E-state index contributed by atoms with van der Waals surface area (Å²) in [5, 5.41) is 8.32. The predicted molar refractivity (Wildman–Crippen MR) is 66.3 cm³/mol. The number of hydrogen-bond acceptors (Lipinski definition) is 7. The lowest BCUT2D eigenvalue weighted by molar-refractivity contribution is -0.140. The van der Waals surface area contributed by atoms with Gasteiger partial charge in [-0.3, -0.25) is 0 Å². The molecule has 0 spiro atoms. The number of carbonyl (C=O) groups is 3. The summed E-state index contributed by atoms with van der Waals surface area (Å²) in [6.07, 6.45) is -2.69. The third-order valence-electron chi connectivity index (χ3n) is 1.93. The Balaban J connectivity index is 3.57.